The molecule has 0 atom stereocenters. The van der Waals surface area contributed by atoms with Gasteiger partial charge in [-0.15, -0.1) is 0 Å². The highest BCUT2D eigenvalue weighted by molar-refractivity contribution is 6.01. The van der Waals surface area contributed by atoms with Crippen LogP contribution in [0.25, 0.3) is 0 Å². The molecule has 0 N–H and O–H groups in total. The summed E-state index contributed by atoms with van der Waals surface area (Å²) in [5, 5.41) is 0. The third-order valence-electron chi connectivity index (χ3n) is 3.87. The van der Waals surface area contributed by atoms with Gasteiger partial charge in [-0.05, 0) is 55.5 Å². The highest BCUT2D eigenvalue weighted by Crippen LogP contribution is 2.24. The first kappa shape index (κ1) is 15.3. The van der Waals surface area contributed by atoms with E-state index in [1.807, 2.05) is 19.9 Å². The fourth-order valence-corrected chi connectivity index (χ4v) is 2.48. The van der Waals surface area contributed by atoms with Gasteiger partial charge in [-0.25, -0.2) is 0 Å². The molecular weight excluding hydrogens is 266 g/mol. The number of amides is 2. The fraction of sp³-hybridized carbons (Fsp3) is 0.412. The van der Waals surface area contributed by atoms with E-state index in [0.717, 1.165) is 28.9 Å². The molecule has 0 fully saturated rings. The van der Waals surface area contributed by atoms with E-state index in [4.69, 9.17) is 4.74 Å². The molecule has 0 aromatic heterocycles. The topological polar surface area (TPSA) is 46.6 Å². The summed E-state index contributed by atoms with van der Waals surface area (Å²) in [6.07, 6.45) is 4.98. The smallest absolute Gasteiger partial charge is 0.252 e. The SMILES string of the molecule is COc1cc(CCC(=O)N2CCC=CC2=O)cc(C)c1C. The number of imide groups is 1. The second-order valence-electron chi connectivity index (χ2n) is 5.31. The maximum Gasteiger partial charge on any atom is 0.252 e. The van der Waals surface area contributed by atoms with Crippen LogP contribution in [0.1, 0.15) is 29.5 Å². The second-order valence-corrected chi connectivity index (χ2v) is 5.31. The molecule has 0 bridgehead atoms. The Morgan fingerprint density at radius 3 is 2.76 bits per heavy atom. The molecule has 1 aliphatic rings. The van der Waals surface area contributed by atoms with Gasteiger partial charge in [-0.1, -0.05) is 12.1 Å². The molecule has 1 aliphatic heterocycles. The van der Waals surface area contributed by atoms with E-state index in [2.05, 4.69) is 6.07 Å². The summed E-state index contributed by atoms with van der Waals surface area (Å²) in [5.74, 6) is 0.528. The van der Waals surface area contributed by atoms with Gasteiger partial charge in [0.05, 0.1) is 7.11 Å². The first-order valence-electron chi connectivity index (χ1n) is 7.18. The number of nitrogens with zero attached hydrogens (tertiary/aromatic N) is 1. The lowest BCUT2D eigenvalue weighted by atomic mass is 10.0. The van der Waals surface area contributed by atoms with Gasteiger partial charge in [0.2, 0.25) is 5.91 Å². The van der Waals surface area contributed by atoms with Gasteiger partial charge in [0.15, 0.2) is 0 Å². The maximum atomic E-state index is 12.1. The largest absolute Gasteiger partial charge is 0.496 e. The second kappa shape index (κ2) is 6.57. The molecule has 0 saturated heterocycles. The van der Waals surface area contributed by atoms with Crippen molar-refractivity contribution in [3.63, 3.8) is 0 Å². The predicted octanol–water partition coefficient (Wildman–Crippen LogP) is 2.56. The van der Waals surface area contributed by atoms with Crippen LogP contribution < -0.4 is 4.74 Å². The van der Waals surface area contributed by atoms with Crippen LogP contribution in [0, 0.1) is 13.8 Å². The van der Waals surface area contributed by atoms with Crippen molar-refractivity contribution in [2.75, 3.05) is 13.7 Å². The zero-order valence-corrected chi connectivity index (χ0v) is 12.8. The minimum absolute atomic E-state index is 0.110. The minimum atomic E-state index is -0.205. The summed E-state index contributed by atoms with van der Waals surface area (Å²) < 4.78 is 5.35. The Bertz CT molecular complexity index is 590. The molecule has 0 aliphatic carbocycles. The molecule has 112 valence electrons. The summed E-state index contributed by atoms with van der Waals surface area (Å²) >= 11 is 0. The van der Waals surface area contributed by atoms with Crippen LogP contribution in [-0.4, -0.2) is 30.4 Å². The Kier molecular flexibility index (Phi) is 4.78. The molecule has 4 nitrogen and oxygen atoms in total. The Morgan fingerprint density at radius 2 is 2.10 bits per heavy atom. The standard InChI is InChI=1S/C17H21NO3/c1-12-10-14(11-15(21-3)13(12)2)7-8-17(20)18-9-5-4-6-16(18)19/h4,6,10-11H,5,7-9H2,1-3H3. The highest BCUT2D eigenvalue weighted by atomic mass is 16.5. The van der Waals surface area contributed by atoms with Crippen molar-refractivity contribution < 1.29 is 14.3 Å². The molecule has 0 radical (unpaired) electrons. The van der Waals surface area contributed by atoms with Crippen molar-refractivity contribution in [3.05, 3.63) is 41.0 Å². The van der Waals surface area contributed by atoms with Crippen LogP contribution in [0.2, 0.25) is 0 Å². The van der Waals surface area contributed by atoms with Gasteiger partial charge >= 0.3 is 0 Å². The molecule has 21 heavy (non-hydrogen) atoms. The lowest BCUT2D eigenvalue weighted by molar-refractivity contribution is -0.142. The summed E-state index contributed by atoms with van der Waals surface area (Å²) in [5.41, 5.74) is 3.32. The van der Waals surface area contributed by atoms with E-state index in [0.29, 0.717) is 19.4 Å². The van der Waals surface area contributed by atoms with Crippen LogP contribution in [0.3, 0.4) is 0 Å². The first-order chi connectivity index (χ1) is 10.0. The van der Waals surface area contributed by atoms with Crippen molar-refractivity contribution in [3.8, 4) is 5.75 Å². The zero-order chi connectivity index (χ0) is 15.4. The number of aryl methyl sites for hydroxylation is 2. The van der Waals surface area contributed by atoms with Crippen LogP contribution in [-0.2, 0) is 16.0 Å². The number of benzene rings is 1. The number of hydrogen-bond donors (Lipinski definition) is 0. The molecule has 1 aromatic rings. The number of methoxy groups -OCH3 is 1. The van der Waals surface area contributed by atoms with E-state index in [1.54, 1.807) is 13.2 Å². The molecule has 0 unspecified atom stereocenters. The molecule has 1 aromatic carbocycles. The van der Waals surface area contributed by atoms with Gasteiger partial charge in [0, 0.05) is 13.0 Å². The van der Waals surface area contributed by atoms with Gasteiger partial charge in [-0.3, -0.25) is 14.5 Å². The van der Waals surface area contributed by atoms with Crippen molar-refractivity contribution in [2.24, 2.45) is 0 Å². The van der Waals surface area contributed by atoms with E-state index in [1.165, 1.54) is 11.0 Å². The van der Waals surface area contributed by atoms with Gasteiger partial charge < -0.3 is 4.74 Å². The summed E-state index contributed by atoms with van der Waals surface area (Å²) in [4.78, 5) is 25.1. The number of hydrogen-bond acceptors (Lipinski definition) is 3. The minimum Gasteiger partial charge on any atom is -0.496 e. The summed E-state index contributed by atoms with van der Waals surface area (Å²) in [7, 11) is 1.65. The van der Waals surface area contributed by atoms with Crippen molar-refractivity contribution in [2.45, 2.75) is 33.1 Å². The van der Waals surface area contributed by atoms with Gasteiger partial charge in [-0.2, -0.15) is 0 Å². The zero-order valence-electron chi connectivity index (χ0n) is 12.8. The quantitative estimate of drug-likeness (QED) is 0.855. The molecule has 1 heterocycles. The van der Waals surface area contributed by atoms with Crippen LogP contribution in [0.15, 0.2) is 24.3 Å². The van der Waals surface area contributed by atoms with E-state index >= 15 is 0 Å². The van der Waals surface area contributed by atoms with Crippen molar-refractivity contribution >= 4 is 11.8 Å². The fourth-order valence-electron chi connectivity index (χ4n) is 2.48. The average Bonchev–Trinajstić information content (AvgIpc) is 2.48. The van der Waals surface area contributed by atoms with Gasteiger partial charge in [0.25, 0.3) is 5.91 Å². The monoisotopic (exact) mass is 287 g/mol. The van der Waals surface area contributed by atoms with Crippen LogP contribution >= 0.6 is 0 Å². The molecule has 4 heteroatoms. The molecule has 0 spiro atoms. The Morgan fingerprint density at radius 1 is 1.33 bits per heavy atom. The summed E-state index contributed by atoms with van der Waals surface area (Å²) in [6, 6.07) is 4.04. The van der Waals surface area contributed by atoms with Crippen molar-refractivity contribution in [1.29, 1.82) is 0 Å². The predicted molar refractivity (Wildman–Crippen MR) is 81.3 cm³/mol. The molecule has 2 amide bonds. The van der Waals surface area contributed by atoms with Crippen LogP contribution in [0.4, 0.5) is 0 Å². The van der Waals surface area contributed by atoms with Gasteiger partial charge in [0.1, 0.15) is 5.75 Å². The number of carbonyl (C=O) groups is 2. The lowest BCUT2D eigenvalue weighted by Gasteiger charge is -2.21. The normalized spacial score (nSPS) is 14.4. The number of rotatable bonds is 4. The van der Waals surface area contributed by atoms with Crippen molar-refractivity contribution in [1.82, 2.24) is 4.90 Å². The highest BCUT2D eigenvalue weighted by Gasteiger charge is 2.20. The third kappa shape index (κ3) is 3.51. The van der Waals surface area contributed by atoms with E-state index < -0.39 is 0 Å². The Balaban J connectivity index is 2.03. The Labute approximate surface area is 125 Å². The number of carbonyl (C=O) groups excluding carboxylic acids is 2. The van der Waals surface area contributed by atoms with E-state index in [-0.39, 0.29) is 11.8 Å². The molecule has 2 rings (SSSR count). The molecular formula is C17H21NO3. The first-order valence-corrected chi connectivity index (χ1v) is 7.18. The molecule has 0 saturated carbocycles. The maximum absolute atomic E-state index is 12.1. The average molecular weight is 287 g/mol. The lowest BCUT2D eigenvalue weighted by Crippen LogP contribution is -2.38. The Hall–Kier alpha value is -2.10. The third-order valence-corrected chi connectivity index (χ3v) is 3.87. The number of ether oxygens (including phenoxy) is 1. The van der Waals surface area contributed by atoms with Crippen LogP contribution in [0.5, 0.6) is 5.75 Å². The van der Waals surface area contributed by atoms with E-state index in [9.17, 15) is 9.59 Å². The summed E-state index contributed by atoms with van der Waals surface area (Å²) in [6.45, 7) is 4.54.